The standard InChI is InChI=1S/C14H17N3O/c1-8(2)12-13(15-7-16-14(12)18)11-5-9(3)17-10(4)6-11/h5-8H,1-4H3,(H,15,16,18). The smallest absolute Gasteiger partial charge is 0.254 e. The first-order valence-electron chi connectivity index (χ1n) is 6.02. The van der Waals surface area contributed by atoms with Crippen molar-refractivity contribution in [3.63, 3.8) is 0 Å². The van der Waals surface area contributed by atoms with E-state index < -0.39 is 0 Å². The Bertz CT molecular complexity index is 609. The monoisotopic (exact) mass is 243 g/mol. The summed E-state index contributed by atoms with van der Waals surface area (Å²) < 4.78 is 0. The van der Waals surface area contributed by atoms with E-state index in [1.807, 2.05) is 39.8 Å². The van der Waals surface area contributed by atoms with E-state index in [9.17, 15) is 4.79 Å². The first-order chi connectivity index (χ1) is 8.49. The molecule has 0 fully saturated rings. The third-order valence-corrected chi connectivity index (χ3v) is 2.82. The lowest BCUT2D eigenvalue weighted by Crippen LogP contribution is -2.16. The minimum absolute atomic E-state index is 0.0675. The summed E-state index contributed by atoms with van der Waals surface area (Å²) in [6, 6.07) is 3.92. The van der Waals surface area contributed by atoms with Gasteiger partial charge in [0.2, 0.25) is 0 Å². The van der Waals surface area contributed by atoms with Crippen LogP contribution < -0.4 is 5.56 Å². The molecule has 2 aromatic heterocycles. The molecule has 2 aromatic rings. The molecule has 4 nitrogen and oxygen atoms in total. The van der Waals surface area contributed by atoms with Gasteiger partial charge in [0.15, 0.2) is 0 Å². The lowest BCUT2D eigenvalue weighted by Gasteiger charge is -2.11. The van der Waals surface area contributed by atoms with Crippen molar-refractivity contribution < 1.29 is 0 Å². The number of nitrogens with zero attached hydrogens (tertiary/aromatic N) is 2. The van der Waals surface area contributed by atoms with E-state index in [2.05, 4.69) is 15.0 Å². The Morgan fingerprint density at radius 1 is 1.17 bits per heavy atom. The van der Waals surface area contributed by atoms with Crippen LogP contribution in [0.5, 0.6) is 0 Å². The summed E-state index contributed by atoms with van der Waals surface area (Å²) in [7, 11) is 0. The van der Waals surface area contributed by atoms with Gasteiger partial charge in [-0.05, 0) is 31.9 Å². The third-order valence-electron chi connectivity index (χ3n) is 2.82. The van der Waals surface area contributed by atoms with Crippen molar-refractivity contribution in [2.24, 2.45) is 0 Å². The highest BCUT2D eigenvalue weighted by Crippen LogP contribution is 2.24. The van der Waals surface area contributed by atoms with E-state index in [1.54, 1.807) is 0 Å². The number of pyridine rings is 1. The molecule has 94 valence electrons. The predicted octanol–water partition coefficient (Wildman–Crippen LogP) is 2.57. The van der Waals surface area contributed by atoms with Gasteiger partial charge in [0, 0.05) is 22.5 Å². The normalized spacial score (nSPS) is 10.9. The van der Waals surface area contributed by atoms with E-state index in [-0.39, 0.29) is 11.5 Å². The summed E-state index contributed by atoms with van der Waals surface area (Å²) in [6.45, 7) is 7.88. The van der Waals surface area contributed by atoms with Crippen LogP contribution in [0.2, 0.25) is 0 Å². The van der Waals surface area contributed by atoms with Crippen LogP contribution in [0.1, 0.15) is 36.7 Å². The Kier molecular flexibility index (Phi) is 3.28. The number of aromatic amines is 1. The summed E-state index contributed by atoms with van der Waals surface area (Å²) in [5.74, 6) is 0.131. The molecule has 0 aliphatic carbocycles. The van der Waals surface area contributed by atoms with Crippen molar-refractivity contribution in [1.29, 1.82) is 0 Å². The van der Waals surface area contributed by atoms with Crippen molar-refractivity contribution in [2.75, 3.05) is 0 Å². The molecule has 0 spiro atoms. The van der Waals surface area contributed by atoms with Gasteiger partial charge in [-0.3, -0.25) is 9.78 Å². The molecule has 2 rings (SSSR count). The van der Waals surface area contributed by atoms with Crippen LogP contribution in [0.4, 0.5) is 0 Å². The van der Waals surface area contributed by atoms with E-state index in [0.717, 1.165) is 28.2 Å². The van der Waals surface area contributed by atoms with E-state index in [1.165, 1.54) is 6.33 Å². The van der Waals surface area contributed by atoms with Crippen LogP contribution in [0.15, 0.2) is 23.3 Å². The predicted molar refractivity (Wildman–Crippen MR) is 71.7 cm³/mol. The van der Waals surface area contributed by atoms with E-state index in [0.29, 0.717) is 0 Å². The van der Waals surface area contributed by atoms with Gasteiger partial charge >= 0.3 is 0 Å². The Hall–Kier alpha value is -1.97. The molecular formula is C14H17N3O. The fourth-order valence-electron chi connectivity index (χ4n) is 2.15. The second-order valence-corrected chi connectivity index (χ2v) is 4.79. The Labute approximate surface area is 106 Å². The third kappa shape index (κ3) is 2.32. The zero-order chi connectivity index (χ0) is 13.3. The number of hydrogen-bond donors (Lipinski definition) is 1. The molecule has 1 N–H and O–H groups in total. The molecule has 0 saturated heterocycles. The number of nitrogens with one attached hydrogen (secondary N) is 1. The minimum atomic E-state index is -0.0675. The molecule has 4 heteroatoms. The second-order valence-electron chi connectivity index (χ2n) is 4.79. The first kappa shape index (κ1) is 12.5. The largest absolute Gasteiger partial charge is 0.313 e. The molecule has 0 saturated carbocycles. The van der Waals surface area contributed by atoms with Gasteiger partial charge in [-0.15, -0.1) is 0 Å². The van der Waals surface area contributed by atoms with Gasteiger partial charge in [0.1, 0.15) is 0 Å². The Balaban J connectivity index is 2.71. The summed E-state index contributed by atoms with van der Waals surface area (Å²) in [6.07, 6.45) is 1.45. The highest BCUT2D eigenvalue weighted by atomic mass is 16.1. The minimum Gasteiger partial charge on any atom is -0.313 e. The number of rotatable bonds is 2. The zero-order valence-corrected chi connectivity index (χ0v) is 11.1. The fraction of sp³-hybridized carbons (Fsp3) is 0.357. The van der Waals surface area contributed by atoms with Crippen molar-refractivity contribution in [3.8, 4) is 11.3 Å². The molecule has 0 atom stereocenters. The molecule has 18 heavy (non-hydrogen) atoms. The van der Waals surface area contributed by atoms with Crippen molar-refractivity contribution >= 4 is 0 Å². The van der Waals surface area contributed by atoms with Crippen molar-refractivity contribution in [1.82, 2.24) is 15.0 Å². The van der Waals surface area contributed by atoms with Gasteiger partial charge < -0.3 is 4.98 Å². The molecule has 0 aliphatic heterocycles. The number of aryl methyl sites for hydroxylation is 2. The maximum Gasteiger partial charge on any atom is 0.254 e. The molecule has 0 amide bonds. The lowest BCUT2D eigenvalue weighted by molar-refractivity contribution is 0.833. The van der Waals surface area contributed by atoms with Crippen molar-refractivity contribution in [3.05, 3.63) is 45.8 Å². The lowest BCUT2D eigenvalue weighted by atomic mass is 9.98. The van der Waals surface area contributed by atoms with Crippen LogP contribution in [0.3, 0.4) is 0 Å². The summed E-state index contributed by atoms with van der Waals surface area (Å²) >= 11 is 0. The summed E-state index contributed by atoms with van der Waals surface area (Å²) in [5, 5.41) is 0. The van der Waals surface area contributed by atoms with Gasteiger partial charge in [-0.25, -0.2) is 4.98 Å². The van der Waals surface area contributed by atoms with E-state index in [4.69, 9.17) is 0 Å². The number of hydrogen-bond acceptors (Lipinski definition) is 3. The van der Waals surface area contributed by atoms with E-state index >= 15 is 0 Å². The van der Waals surface area contributed by atoms with Crippen LogP contribution in [-0.4, -0.2) is 15.0 Å². The zero-order valence-electron chi connectivity index (χ0n) is 11.1. The number of H-pyrrole nitrogens is 1. The topological polar surface area (TPSA) is 58.6 Å². The van der Waals surface area contributed by atoms with Gasteiger partial charge in [0.25, 0.3) is 5.56 Å². The molecular weight excluding hydrogens is 226 g/mol. The molecule has 0 bridgehead atoms. The molecule has 0 unspecified atom stereocenters. The van der Waals surface area contributed by atoms with Crippen molar-refractivity contribution in [2.45, 2.75) is 33.6 Å². The highest BCUT2D eigenvalue weighted by molar-refractivity contribution is 5.63. The number of aromatic nitrogens is 3. The van der Waals surface area contributed by atoms with Gasteiger partial charge in [-0.2, -0.15) is 0 Å². The quantitative estimate of drug-likeness (QED) is 0.881. The van der Waals surface area contributed by atoms with Crippen LogP contribution in [-0.2, 0) is 0 Å². The van der Waals surface area contributed by atoms with Crippen LogP contribution in [0.25, 0.3) is 11.3 Å². The maximum atomic E-state index is 11.9. The first-order valence-corrected chi connectivity index (χ1v) is 6.02. The molecule has 0 radical (unpaired) electrons. The molecule has 2 heterocycles. The average Bonchev–Trinajstić information content (AvgIpc) is 2.26. The maximum absolute atomic E-state index is 11.9. The van der Waals surface area contributed by atoms with Gasteiger partial charge in [0.05, 0.1) is 12.0 Å². The Morgan fingerprint density at radius 2 is 1.78 bits per heavy atom. The SMILES string of the molecule is Cc1cc(-c2nc[nH]c(=O)c2C(C)C)cc(C)n1. The fourth-order valence-corrected chi connectivity index (χ4v) is 2.15. The van der Waals surface area contributed by atoms with Crippen LogP contribution >= 0.6 is 0 Å². The summed E-state index contributed by atoms with van der Waals surface area (Å²) in [5.41, 5.74) is 4.23. The average molecular weight is 243 g/mol. The summed E-state index contributed by atoms with van der Waals surface area (Å²) in [4.78, 5) is 23.2. The molecule has 0 aromatic carbocycles. The highest BCUT2D eigenvalue weighted by Gasteiger charge is 2.14. The molecule has 0 aliphatic rings. The Morgan fingerprint density at radius 3 is 2.33 bits per heavy atom. The van der Waals surface area contributed by atoms with Gasteiger partial charge in [-0.1, -0.05) is 13.8 Å². The van der Waals surface area contributed by atoms with Crippen LogP contribution in [0, 0.1) is 13.8 Å². The second kappa shape index (κ2) is 4.72.